The quantitative estimate of drug-likeness (QED) is 0.401. The molecule has 0 radical (unpaired) electrons. The summed E-state index contributed by atoms with van der Waals surface area (Å²) in [5, 5.41) is 10.1. The summed E-state index contributed by atoms with van der Waals surface area (Å²) >= 11 is 1.54. The van der Waals surface area contributed by atoms with E-state index in [1.165, 1.54) is 0 Å². The van der Waals surface area contributed by atoms with E-state index in [9.17, 15) is 19.5 Å². The lowest BCUT2D eigenvalue weighted by Crippen LogP contribution is -2.58. The molecule has 5 rings (SSSR count). The first-order valence-electron chi connectivity index (χ1n) is 13.1. The average Bonchev–Trinajstić information content (AvgIpc) is 3.23. The second-order valence-corrected chi connectivity index (χ2v) is 12.1. The van der Waals surface area contributed by atoms with Crippen molar-refractivity contribution in [2.24, 2.45) is 17.8 Å². The predicted molar refractivity (Wildman–Crippen MR) is 135 cm³/mol. The van der Waals surface area contributed by atoms with Gasteiger partial charge in [0.05, 0.1) is 49.1 Å². The maximum absolute atomic E-state index is 14.3. The first-order chi connectivity index (χ1) is 17.4. The minimum Gasteiger partial charge on any atom is -0.465 e. The molecule has 9 nitrogen and oxygen atoms in total. The molecule has 0 aromatic heterocycles. The molecule has 5 aliphatic rings. The fraction of sp³-hybridized carbons (Fsp3) is 0.731. The van der Waals surface area contributed by atoms with Crippen LogP contribution in [0.1, 0.15) is 20.3 Å². The number of carbonyl (C=O) groups excluding carboxylic acids is 3. The number of fused-ring (bicyclic) bond motifs is 2. The summed E-state index contributed by atoms with van der Waals surface area (Å²) in [4.78, 5) is 47.4. The summed E-state index contributed by atoms with van der Waals surface area (Å²) in [6.45, 7) is 8.76. The molecular formula is C26H37N3O6S. The molecule has 1 spiro atoms. The van der Waals surface area contributed by atoms with E-state index in [0.29, 0.717) is 39.3 Å². The lowest BCUT2D eigenvalue weighted by atomic mass is 9.78. The first kappa shape index (κ1) is 25.8. The average molecular weight is 520 g/mol. The number of morpholine rings is 1. The van der Waals surface area contributed by atoms with Gasteiger partial charge in [0.15, 0.2) is 0 Å². The third kappa shape index (κ3) is 4.29. The molecule has 6 atom stereocenters. The number of hydrogen-bond acceptors (Lipinski definition) is 8. The molecule has 0 bridgehead atoms. The summed E-state index contributed by atoms with van der Waals surface area (Å²) in [5.41, 5.74) is 0. The van der Waals surface area contributed by atoms with Crippen molar-refractivity contribution < 1.29 is 29.0 Å². The highest BCUT2D eigenvalue weighted by molar-refractivity contribution is 8.02. The van der Waals surface area contributed by atoms with E-state index in [0.717, 1.165) is 19.6 Å². The minimum absolute atomic E-state index is 0.0540. The van der Waals surface area contributed by atoms with Gasteiger partial charge in [-0.25, -0.2) is 0 Å². The Morgan fingerprint density at radius 3 is 2.61 bits per heavy atom. The largest absolute Gasteiger partial charge is 0.465 e. The molecular weight excluding hydrogens is 482 g/mol. The monoisotopic (exact) mass is 519 g/mol. The Labute approximate surface area is 216 Å². The molecule has 10 heteroatoms. The van der Waals surface area contributed by atoms with E-state index < -0.39 is 28.7 Å². The van der Waals surface area contributed by atoms with Crippen molar-refractivity contribution in [2.75, 3.05) is 59.2 Å². The number of cyclic esters (lactones) is 1. The summed E-state index contributed by atoms with van der Waals surface area (Å²) in [7, 11) is 0. The van der Waals surface area contributed by atoms with E-state index in [4.69, 9.17) is 9.47 Å². The highest BCUT2D eigenvalue weighted by Gasteiger charge is 2.71. The molecule has 0 aromatic carbocycles. The lowest BCUT2D eigenvalue weighted by molar-refractivity contribution is -0.154. The van der Waals surface area contributed by atoms with Crippen LogP contribution in [0.5, 0.6) is 0 Å². The van der Waals surface area contributed by atoms with Gasteiger partial charge in [-0.2, -0.15) is 0 Å². The molecule has 0 aliphatic carbocycles. The molecule has 198 valence electrons. The number of esters is 1. The van der Waals surface area contributed by atoms with Crippen LogP contribution in [0, 0.1) is 17.8 Å². The van der Waals surface area contributed by atoms with Crippen LogP contribution >= 0.6 is 11.8 Å². The Bertz CT molecular complexity index is 935. The molecule has 2 amide bonds. The summed E-state index contributed by atoms with van der Waals surface area (Å²) in [6, 6.07) is -1.29. The number of rotatable bonds is 6. The Morgan fingerprint density at radius 2 is 1.89 bits per heavy atom. The lowest BCUT2D eigenvalue weighted by Gasteiger charge is -2.40. The number of nitrogens with zero attached hydrogens (tertiary/aromatic N) is 3. The highest BCUT2D eigenvalue weighted by atomic mass is 32.2. The molecule has 1 unspecified atom stereocenters. The zero-order chi connectivity index (χ0) is 25.4. The summed E-state index contributed by atoms with van der Waals surface area (Å²) < 4.78 is 10.1. The topological polar surface area (TPSA) is 99.6 Å². The van der Waals surface area contributed by atoms with Gasteiger partial charge in [0.1, 0.15) is 6.04 Å². The fourth-order valence-electron chi connectivity index (χ4n) is 6.36. The van der Waals surface area contributed by atoms with Crippen molar-refractivity contribution in [3.63, 3.8) is 0 Å². The van der Waals surface area contributed by atoms with Crippen molar-refractivity contribution in [1.82, 2.24) is 14.7 Å². The van der Waals surface area contributed by atoms with Gasteiger partial charge >= 0.3 is 5.97 Å². The Hall–Kier alpha value is -1.88. The van der Waals surface area contributed by atoms with Gasteiger partial charge in [-0.15, -0.1) is 11.8 Å². The predicted octanol–water partition coefficient (Wildman–Crippen LogP) is 0.534. The second-order valence-electron chi connectivity index (χ2n) is 10.6. The van der Waals surface area contributed by atoms with Crippen molar-refractivity contribution >= 4 is 29.5 Å². The number of amides is 2. The molecule has 3 fully saturated rings. The number of likely N-dealkylation sites (tertiary alicyclic amines) is 1. The minimum atomic E-state index is -0.882. The van der Waals surface area contributed by atoms with Crippen LogP contribution in [0.2, 0.25) is 0 Å². The van der Waals surface area contributed by atoms with Crippen molar-refractivity contribution in [3.05, 3.63) is 24.3 Å². The van der Waals surface area contributed by atoms with Crippen molar-refractivity contribution in [1.29, 1.82) is 0 Å². The summed E-state index contributed by atoms with van der Waals surface area (Å²) in [5.74, 6) is -2.13. The standard InChI is InChI=1S/C26H37N3O6S/c1-17(2)18(16-30)29-22-24(32)28(10-9-27-11-14-34-15-12-27)8-5-7-26(22)21(23(29)31)20-19(36-26)6-3-4-13-35-25(20)33/h3,5-7,17-22,30H,4,8-16H2,1-2H3/t18-,19-,20+,21-,22?,26-/m0/s1. The zero-order valence-corrected chi connectivity index (χ0v) is 21.9. The first-order valence-corrected chi connectivity index (χ1v) is 14.0. The van der Waals surface area contributed by atoms with Crippen molar-refractivity contribution in [2.45, 2.75) is 42.3 Å². The third-order valence-electron chi connectivity index (χ3n) is 8.25. The molecule has 36 heavy (non-hydrogen) atoms. The Balaban J connectivity index is 1.52. The normalized spacial score (nSPS) is 35.7. The zero-order valence-electron chi connectivity index (χ0n) is 21.1. The van der Waals surface area contributed by atoms with Gasteiger partial charge in [0.2, 0.25) is 11.8 Å². The van der Waals surface area contributed by atoms with Gasteiger partial charge in [0.25, 0.3) is 0 Å². The SMILES string of the molecule is CC(C)[C@H](CO)N1C(=O)[C@@H]2[C@@H]3C(=O)OCCC=C[C@@H]3S[C@@]23C=CCN(CCN2CCOCC2)C(=O)C13. The molecule has 1 N–H and O–H groups in total. The van der Waals surface area contributed by atoms with Crippen LogP contribution in [0.15, 0.2) is 24.3 Å². The molecule has 0 aromatic rings. The number of ether oxygens (including phenoxy) is 2. The molecule has 3 saturated heterocycles. The van der Waals surface area contributed by atoms with Crippen molar-refractivity contribution in [3.8, 4) is 0 Å². The van der Waals surface area contributed by atoms with E-state index in [1.807, 2.05) is 43.1 Å². The number of aliphatic hydroxyl groups excluding tert-OH is 1. The van der Waals surface area contributed by atoms with Gasteiger partial charge in [0, 0.05) is 38.0 Å². The van der Waals surface area contributed by atoms with Gasteiger partial charge in [-0.3, -0.25) is 19.3 Å². The maximum atomic E-state index is 14.3. The molecule has 0 saturated carbocycles. The van der Waals surface area contributed by atoms with Crippen LogP contribution < -0.4 is 0 Å². The Kier molecular flexibility index (Phi) is 7.49. The Morgan fingerprint density at radius 1 is 1.11 bits per heavy atom. The van der Waals surface area contributed by atoms with Gasteiger partial charge in [-0.1, -0.05) is 38.2 Å². The van der Waals surface area contributed by atoms with Crippen LogP contribution in [0.3, 0.4) is 0 Å². The van der Waals surface area contributed by atoms with Crippen LogP contribution in [0.25, 0.3) is 0 Å². The number of aliphatic hydroxyl groups is 1. The second kappa shape index (κ2) is 10.5. The van der Waals surface area contributed by atoms with E-state index >= 15 is 0 Å². The summed E-state index contributed by atoms with van der Waals surface area (Å²) in [6.07, 6.45) is 8.67. The molecule has 5 heterocycles. The van der Waals surface area contributed by atoms with E-state index in [2.05, 4.69) is 4.90 Å². The van der Waals surface area contributed by atoms with Gasteiger partial charge in [-0.05, 0) is 12.3 Å². The van der Waals surface area contributed by atoms with E-state index in [-0.39, 0.29) is 35.6 Å². The van der Waals surface area contributed by atoms with Crippen LogP contribution in [-0.4, -0.2) is 119 Å². The molecule has 5 aliphatic heterocycles. The number of carbonyl (C=O) groups is 3. The van der Waals surface area contributed by atoms with Crippen LogP contribution in [-0.2, 0) is 23.9 Å². The smallest absolute Gasteiger partial charge is 0.311 e. The maximum Gasteiger partial charge on any atom is 0.311 e. The van der Waals surface area contributed by atoms with Crippen LogP contribution in [0.4, 0.5) is 0 Å². The van der Waals surface area contributed by atoms with E-state index in [1.54, 1.807) is 16.7 Å². The fourth-order valence-corrected chi connectivity index (χ4v) is 8.35. The highest BCUT2D eigenvalue weighted by Crippen LogP contribution is 2.61. The number of hydrogen-bond donors (Lipinski definition) is 1. The van der Waals surface area contributed by atoms with Gasteiger partial charge < -0.3 is 24.4 Å². The third-order valence-corrected chi connectivity index (χ3v) is 9.99. The number of thioether (sulfide) groups is 1.